The van der Waals surface area contributed by atoms with Crippen LogP contribution in [0.4, 0.5) is 5.95 Å². The quantitative estimate of drug-likeness (QED) is 0.721. The van der Waals surface area contributed by atoms with Crippen LogP contribution in [0.1, 0.15) is 13.8 Å². The van der Waals surface area contributed by atoms with Crippen LogP contribution >= 0.6 is 0 Å². The van der Waals surface area contributed by atoms with Crippen molar-refractivity contribution in [2.24, 2.45) is 11.7 Å². The van der Waals surface area contributed by atoms with E-state index in [-0.39, 0.29) is 6.04 Å². The van der Waals surface area contributed by atoms with Crippen LogP contribution in [-0.2, 0) is 0 Å². The highest BCUT2D eigenvalue weighted by Gasteiger charge is 2.06. The molecule has 0 saturated carbocycles. The fourth-order valence-electron chi connectivity index (χ4n) is 0.835. The molecule has 0 aliphatic rings. The van der Waals surface area contributed by atoms with Crippen LogP contribution in [0.25, 0.3) is 0 Å². The van der Waals surface area contributed by atoms with Gasteiger partial charge in [0.1, 0.15) is 0 Å². The Balaban J connectivity index is 2.35. The molecule has 0 radical (unpaired) electrons. The molecule has 0 spiro atoms. The zero-order valence-corrected chi connectivity index (χ0v) is 8.07. The van der Waals surface area contributed by atoms with E-state index in [1.54, 1.807) is 18.5 Å². The zero-order valence-electron chi connectivity index (χ0n) is 8.07. The van der Waals surface area contributed by atoms with Crippen molar-refractivity contribution in [2.75, 3.05) is 11.9 Å². The highest BCUT2D eigenvalue weighted by atomic mass is 15.1. The van der Waals surface area contributed by atoms with Gasteiger partial charge in [-0.2, -0.15) is 0 Å². The molecule has 0 aliphatic heterocycles. The number of nitrogens with two attached hydrogens (primary N) is 1. The molecule has 1 rings (SSSR count). The number of nitrogens with zero attached hydrogens (tertiary/aromatic N) is 2. The molecule has 0 saturated heterocycles. The van der Waals surface area contributed by atoms with E-state index in [0.717, 1.165) is 0 Å². The first-order valence-corrected chi connectivity index (χ1v) is 4.46. The van der Waals surface area contributed by atoms with Gasteiger partial charge in [0.25, 0.3) is 0 Å². The van der Waals surface area contributed by atoms with Crippen molar-refractivity contribution in [1.29, 1.82) is 0 Å². The molecule has 1 aromatic heterocycles. The second-order valence-corrected chi connectivity index (χ2v) is 3.36. The van der Waals surface area contributed by atoms with Crippen molar-refractivity contribution in [3.8, 4) is 0 Å². The van der Waals surface area contributed by atoms with Crippen LogP contribution in [0.2, 0.25) is 0 Å². The van der Waals surface area contributed by atoms with E-state index in [1.807, 2.05) is 0 Å². The molecule has 0 amide bonds. The molecule has 1 heterocycles. The van der Waals surface area contributed by atoms with Gasteiger partial charge in [-0.15, -0.1) is 0 Å². The Bertz CT molecular complexity index is 235. The molecule has 0 aliphatic carbocycles. The minimum absolute atomic E-state index is 0.142. The standard InChI is InChI=1S/C9H16N4/c1-7(2)8(10)6-13-9-11-4-3-5-12-9/h3-5,7-8H,6,10H2,1-2H3,(H,11,12,13). The summed E-state index contributed by atoms with van der Waals surface area (Å²) in [5.74, 6) is 1.11. The molecule has 0 fully saturated rings. The first-order chi connectivity index (χ1) is 6.20. The number of hydrogen-bond acceptors (Lipinski definition) is 4. The van der Waals surface area contributed by atoms with Gasteiger partial charge in [0.2, 0.25) is 5.95 Å². The summed E-state index contributed by atoms with van der Waals surface area (Å²) >= 11 is 0. The number of aromatic nitrogens is 2. The van der Waals surface area contributed by atoms with E-state index in [9.17, 15) is 0 Å². The predicted molar refractivity (Wildman–Crippen MR) is 53.3 cm³/mol. The molecule has 4 nitrogen and oxygen atoms in total. The summed E-state index contributed by atoms with van der Waals surface area (Å²) in [6, 6.07) is 1.93. The third kappa shape index (κ3) is 3.38. The van der Waals surface area contributed by atoms with E-state index in [4.69, 9.17) is 5.73 Å². The van der Waals surface area contributed by atoms with Crippen molar-refractivity contribution >= 4 is 5.95 Å². The zero-order chi connectivity index (χ0) is 9.68. The monoisotopic (exact) mass is 180 g/mol. The Labute approximate surface area is 78.6 Å². The highest BCUT2D eigenvalue weighted by molar-refractivity contribution is 5.22. The topological polar surface area (TPSA) is 63.8 Å². The maximum absolute atomic E-state index is 5.85. The summed E-state index contributed by atoms with van der Waals surface area (Å²) in [6.45, 7) is 4.90. The van der Waals surface area contributed by atoms with E-state index < -0.39 is 0 Å². The molecule has 4 heteroatoms. The van der Waals surface area contributed by atoms with Crippen molar-refractivity contribution in [1.82, 2.24) is 9.97 Å². The van der Waals surface area contributed by atoms with Crippen LogP contribution in [0.5, 0.6) is 0 Å². The Morgan fingerprint density at radius 1 is 1.38 bits per heavy atom. The van der Waals surface area contributed by atoms with Gasteiger partial charge in [-0.1, -0.05) is 13.8 Å². The van der Waals surface area contributed by atoms with Gasteiger partial charge in [-0.05, 0) is 12.0 Å². The van der Waals surface area contributed by atoms with Gasteiger partial charge in [-0.25, -0.2) is 9.97 Å². The Morgan fingerprint density at radius 3 is 2.54 bits per heavy atom. The lowest BCUT2D eigenvalue weighted by atomic mass is 10.1. The van der Waals surface area contributed by atoms with Crippen molar-refractivity contribution < 1.29 is 0 Å². The van der Waals surface area contributed by atoms with E-state index in [1.165, 1.54) is 0 Å². The van der Waals surface area contributed by atoms with Crippen LogP contribution in [0.15, 0.2) is 18.5 Å². The molecule has 1 aromatic rings. The van der Waals surface area contributed by atoms with Crippen molar-refractivity contribution in [3.63, 3.8) is 0 Å². The number of nitrogens with one attached hydrogen (secondary N) is 1. The van der Waals surface area contributed by atoms with E-state index >= 15 is 0 Å². The summed E-state index contributed by atoms with van der Waals surface area (Å²) in [5.41, 5.74) is 5.85. The predicted octanol–water partition coefficient (Wildman–Crippen LogP) is 0.872. The van der Waals surface area contributed by atoms with Crippen LogP contribution < -0.4 is 11.1 Å². The second kappa shape index (κ2) is 4.77. The minimum atomic E-state index is 0.142. The van der Waals surface area contributed by atoms with Crippen LogP contribution in [0.3, 0.4) is 0 Å². The molecule has 1 atom stereocenters. The SMILES string of the molecule is CC(C)C(N)CNc1ncccn1. The summed E-state index contributed by atoms with van der Waals surface area (Å²) in [7, 11) is 0. The lowest BCUT2D eigenvalue weighted by Crippen LogP contribution is -2.34. The third-order valence-corrected chi connectivity index (χ3v) is 1.92. The van der Waals surface area contributed by atoms with Crippen LogP contribution in [-0.4, -0.2) is 22.6 Å². The lowest BCUT2D eigenvalue weighted by Gasteiger charge is -2.15. The summed E-state index contributed by atoms with van der Waals surface area (Å²) in [4.78, 5) is 8.06. The summed E-state index contributed by atoms with van der Waals surface area (Å²) < 4.78 is 0. The van der Waals surface area contributed by atoms with Gasteiger partial charge >= 0.3 is 0 Å². The van der Waals surface area contributed by atoms with Crippen LogP contribution in [0, 0.1) is 5.92 Å². The number of rotatable bonds is 4. The molecule has 0 aromatic carbocycles. The summed E-state index contributed by atoms with van der Waals surface area (Å²) in [5, 5.41) is 3.08. The Hall–Kier alpha value is -1.16. The Morgan fingerprint density at radius 2 is 2.00 bits per heavy atom. The van der Waals surface area contributed by atoms with Gasteiger partial charge in [0.15, 0.2) is 0 Å². The van der Waals surface area contributed by atoms with Gasteiger partial charge in [-0.3, -0.25) is 0 Å². The maximum atomic E-state index is 5.85. The highest BCUT2D eigenvalue weighted by Crippen LogP contribution is 2.00. The van der Waals surface area contributed by atoms with Gasteiger partial charge in [0.05, 0.1) is 0 Å². The maximum Gasteiger partial charge on any atom is 0.222 e. The second-order valence-electron chi connectivity index (χ2n) is 3.36. The van der Waals surface area contributed by atoms with Crippen molar-refractivity contribution in [2.45, 2.75) is 19.9 Å². The summed E-state index contributed by atoms with van der Waals surface area (Å²) in [6.07, 6.45) is 3.41. The fourth-order valence-corrected chi connectivity index (χ4v) is 0.835. The first-order valence-electron chi connectivity index (χ1n) is 4.46. The van der Waals surface area contributed by atoms with Gasteiger partial charge in [0, 0.05) is 25.0 Å². The minimum Gasteiger partial charge on any atom is -0.353 e. The molecule has 13 heavy (non-hydrogen) atoms. The average Bonchev–Trinajstić information content (AvgIpc) is 2.15. The van der Waals surface area contributed by atoms with Crippen molar-refractivity contribution in [3.05, 3.63) is 18.5 Å². The van der Waals surface area contributed by atoms with E-state index in [0.29, 0.717) is 18.4 Å². The normalized spacial score (nSPS) is 12.9. The largest absolute Gasteiger partial charge is 0.353 e. The molecule has 72 valence electrons. The number of anilines is 1. The Kier molecular flexibility index (Phi) is 3.64. The molecular formula is C9H16N4. The average molecular weight is 180 g/mol. The lowest BCUT2D eigenvalue weighted by molar-refractivity contribution is 0.510. The fraction of sp³-hybridized carbons (Fsp3) is 0.556. The number of hydrogen-bond donors (Lipinski definition) is 2. The van der Waals surface area contributed by atoms with Gasteiger partial charge < -0.3 is 11.1 Å². The molecular weight excluding hydrogens is 164 g/mol. The third-order valence-electron chi connectivity index (χ3n) is 1.92. The first kappa shape index (κ1) is 9.92. The molecule has 3 N–H and O–H groups in total. The molecule has 0 bridgehead atoms. The molecule has 1 unspecified atom stereocenters. The smallest absolute Gasteiger partial charge is 0.222 e. The van der Waals surface area contributed by atoms with E-state index in [2.05, 4.69) is 29.1 Å².